The second-order valence-electron chi connectivity index (χ2n) is 7.03. The molecule has 26 heavy (non-hydrogen) atoms. The van der Waals surface area contributed by atoms with Crippen LogP contribution in [-0.4, -0.2) is 28.2 Å². The number of anilines is 2. The summed E-state index contributed by atoms with van der Waals surface area (Å²) in [5.41, 5.74) is 8.90. The van der Waals surface area contributed by atoms with Crippen LogP contribution in [0.25, 0.3) is 0 Å². The number of piperidine rings is 1. The summed E-state index contributed by atoms with van der Waals surface area (Å²) in [5, 5.41) is 2.66. The number of carbonyl (C=O) groups is 2. The third-order valence-electron chi connectivity index (χ3n) is 4.73. The van der Waals surface area contributed by atoms with E-state index < -0.39 is 11.8 Å². The Kier molecular flexibility index (Phi) is 5.21. The fourth-order valence-electron chi connectivity index (χ4n) is 3.38. The monoisotopic (exact) mass is 352 g/mol. The van der Waals surface area contributed by atoms with E-state index >= 15 is 0 Å². The number of aromatic nitrogens is 1. The van der Waals surface area contributed by atoms with E-state index in [4.69, 9.17) is 5.73 Å². The SMILES string of the molecule is Cc1cncc(NC(=O)C(=O)N2C[C@@H](C)CC[C@@H]2c2ccc(N)cc2)c1. The van der Waals surface area contributed by atoms with Gasteiger partial charge >= 0.3 is 11.8 Å². The van der Waals surface area contributed by atoms with Crippen molar-refractivity contribution in [2.24, 2.45) is 5.92 Å². The van der Waals surface area contributed by atoms with Crippen molar-refractivity contribution in [2.75, 3.05) is 17.6 Å². The lowest BCUT2D eigenvalue weighted by atomic mass is 9.89. The molecule has 136 valence electrons. The smallest absolute Gasteiger partial charge is 0.313 e. The number of amides is 2. The van der Waals surface area contributed by atoms with E-state index in [1.54, 1.807) is 17.2 Å². The third kappa shape index (κ3) is 4.02. The molecule has 6 heteroatoms. The van der Waals surface area contributed by atoms with Crippen molar-refractivity contribution in [3.05, 3.63) is 53.9 Å². The van der Waals surface area contributed by atoms with Gasteiger partial charge in [0.2, 0.25) is 0 Å². The highest BCUT2D eigenvalue weighted by Crippen LogP contribution is 2.33. The number of hydrogen-bond donors (Lipinski definition) is 2. The predicted molar refractivity (Wildman–Crippen MR) is 101 cm³/mol. The van der Waals surface area contributed by atoms with Crippen molar-refractivity contribution in [3.63, 3.8) is 0 Å². The molecule has 3 N–H and O–H groups in total. The molecule has 2 atom stereocenters. The van der Waals surface area contributed by atoms with Crippen molar-refractivity contribution in [2.45, 2.75) is 32.7 Å². The second kappa shape index (κ2) is 7.56. The zero-order chi connectivity index (χ0) is 18.7. The first-order chi connectivity index (χ1) is 12.4. The number of benzene rings is 1. The van der Waals surface area contributed by atoms with Crippen LogP contribution < -0.4 is 11.1 Å². The summed E-state index contributed by atoms with van der Waals surface area (Å²) in [4.78, 5) is 31.1. The number of carbonyl (C=O) groups excluding carboxylic acids is 2. The minimum atomic E-state index is -0.632. The van der Waals surface area contributed by atoms with Gasteiger partial charge in [0.05, 0.1) is 17.9 Å². The van der Waals surface area contributed by atoms with Crippen LogP contribution in [-0.2, 0) is 9.59 Å². The summed E-state index contributed by atoms with van der Waals surface area (Å²) in [6.45, 7) is 4.54. The number of nitrogens with one attached hydrogen (secondary N) is 1. The molecule has 1 aromatic carbocycles. The summed E-state index contributed by atoms with van der Waals surface area (Å²) >= 11 is 0. The Morgan fingerprint density at radius 3 is 2.62 bits per heavy atom. The van der Waals surface area contributed by atoms with E-state index in [9.17, 15) is 9.59 Å². The molecule has 0 saturated carbocycles. The van der Waals surface area contributed by atoms with Gasteiger partial charge in [-0.05, 0) is 55.0 Å². The minimum absolute atomic E-state index is 0.110. The summed E-state index contributed by atoms with van der Waals surface area (Å²) in [6, 6.07) is 9.19. The standard InChI is InChI=1S/C20H24N4O2/c1-13-3-8-18(15-4-6-16(21)7-5-15)24(12-13)20(26)19(25)23-17-9-14(2)10-22-11-17/h4-7,9-11,13,18H,3,8,12,21H2,1-2H3,(H,23,25)/t13-,18+/m0/s1. The van der Waals surface area contributed by atoms with E-state index in [2.05, 4.69) is 17.2 Å². The quantitative estimate of drug-likeness (QED) is 0.642. The van der Waals surface area contributed by atoms with Crippen LogP contribution in [0, 0.1) is 12.8 Å². The summed E-state index contributed by atoms with van der Waals surface area (Å²) in [6.07, 6.45) is 5.08. The third-order valence-corrected chi connectivity index (χ3v) is 4.73. The molecule has 1 saturated heterocycles. The Morgan fingerprint density at radius 1 is 1.19 bits per heavy atom. The Labute approximate surface area is 153 Å². The first-order valence-electron chi connectivity index (χ1n) is 8.83. The van der Waals surface area contributed by atoms with E-state index in [0.717, 1.165) is 24.0 Å². The van der Waals surface area contributed by atoms with Gasteiger partial charge in [-0.2, -0.15) is 0 Å². The number of aryl methyl sites for hydroxylation is 1. The van der Waals surface area contributed by atoms with Crippen LogP contribution in [0.15, 0.2) is 42.7 Å². The van der Waals surface area contributed by atoms with E-state index in [0.29, 0.717) is 23.8 Å². The van der Waals surface area contributed by atoms with Crippen molar-refractivity contribution in [3.8, 4) is 0 Å². The molecule has 2 amide bonds. The summed E-state index contributed by atoms with van der Waals surface area (Å²) in [5.74, 6) is -0.788. The van der Waals surface area contributed by atoms with Crippen LogP contribution in [0.4, 0.5) is 11.4 Å². The van der Waals surface area contributed by atoms with Crippen LogP contribution in [0.2, 0.25) is 0 Å². The average molecular weight is 352 g/mol. The molecular formula is C20H24N4O2. The van der Waals surface area contributed by atoms with Gasteiger partial charge in [0, 0.05) is 18.4 Å². The molecule has 3 rings (SSSR count). The molecule has 0 radical (unpaired) electrons. The van der Waals surface area contributed by atoms with Crippen molar-refractivity contribution in [1.82, 2.24) is 9.88 Å². The van der Waals surface area contributed by atoms with Gasteiger partial charge in [0.15, 0.2) is 0 Å². The summed E-state index contributed by atoms with van der Waals surface area (Å²) in [7, 11) is 0. The molecule has 6 nitrogen and oxygen atoms in total. The lowest BCUT2D eigenvalue weighted by Crippen LogP contribution is -2.46. The first kappa shape index (κ1) is 17.9. The lowest BCUT2D eigenvalue weighted by Gasteiger charge is -2.38. The van der Waals surface area contributed by atoms with Gasteiger partial charge in [-0.3, -0.25) is 14.6 Å². The Bertz CT molecular complexity index is 804. The number of pyridine rings is 1. The molecule has 2 aromatic rings. The number of nitrogens with zero attached hydrogens (tertiary/aromatic N) is 2. The fourth-order valence-corrected chi connectivity index (χ4v) is 3.38. The van der Waals surface area contributed by atoms with E-state index in [1.807, 2.05) is 31.2 Å². The maximum absolute atomic E-state index is 12.9. The second-order valence-corrected chi connectivity index (χ2v) is 7.03. The van der Waals surface area contributed by atoms with Gasteiger partial charge in [-0.25, -0.2) is 0 Å². The van der Waals surface area contributed by atoms with Gasteiger partial charge in [-0.1, -0.05) is 19.1 Å². The molecular weight excluding hydrogens is 328 g/mol. The number of likely N-dealkylation sites (tertiary alicyclic amines) is 1. The lowest BCUT2D eigenvalue weighted by molar-refractivity contribution is -0.146. The highest BCUT2D eigenvalue weighted by Gasteiger charge is 2.34. The van der Waals surface area contributed by atoms with Gasteiger partial charge in [0.25, 0.3) is 0 Å². The maximum atomic E-state index is 12.9. The number of rotatable bonds is 2. The molecule has 0 unspecified atom stereocenters. The van der Waals surface area contributed by atoms with E-state index in [-0.39, 0.29) is 6.04 Å². The number of nitrogens with two attached hydrogens (primary N) is 1. The Morgan fingerprint density at radius 2 is 1.92 bits per heavy atom. The molecule has 0 spiro atoms. The summed E-state index contributed by atoms with van der Waals surface area (Å²) < 4.78 is 0. The van der Waals surface area contributed by atoms with Crippen LogP contribution >= 0.6 is 0 Å². The zero-order valence-corrected chi connectivity index (χ0v) is 15.1. The number of nitrogen functional groups attached to an aromatic ring is 1. The van der Waals surface area contributed by atoms with Gasteiger partial charge < -0.3 is 16.0 Å². The average Bonchev–Trinajstić information content (AvgIpc) is 2.62. The van der Waals surface area contributed by atoms with Crippen LogP contribution in [0.5, 0.6) is 0 Å². The van der Waals surface area contributed by atoms with Gasteiger partial charge in [-0.15, -0.1) is 0 Å². The Balaban J connectivity index is 1.79. The van der Waals surface area contributed by atoms with Crippen LogP contribution in [0.1, 0.15) is 36.9 Å². The molecule has 1 aliphatic heterocycles. The predicted octanol–water partition coefficient (Wildman–Crippen LogP) is 2.91. The molecule has 1 aromatic heterocycles. The Hall–Kier alpha value is -2.89. The minimum Gasteiger partial charge on any atom is -0.399 e. The fraction of sp³-hybridized carbons (Fsp3) is 0.350. The van der Waals surface area contributed by atoms with Crippen molar-refractivity contribution >= 4 is 23.2 Å². The number of hydrogen-bond acceptors (Lipinski definition) is 4. The topological polar surface area (TPSA) is 88.3 Å². The van der Waals surface area contributed by atoms with Crippen LogP contribution in [0.3, 0.4) is 0 Å². The molecule has 0 aliphatic carbocycles. The molecule has 2 heterocycles. The van der Waals surface area contributed by atoms with Crippen molar-refractivity contribution < 1.29 is 9.59 Å². The highest BCUT2D eigenvalue weighted by atomic mass is 16.2. The largest absolute Gasteiger partial charge is 0.399 e. The van der Waals surface area contributed by atoms with E-state index in [1.165, 1.54) is 6.20 Å². The maximum Gasteiger partial charge on any atom is 0.313 e. The van der Waals surface area contributed by atoms with Gasteiger partial charge in [0.1, 0.15) is 0 Å². The normalized spacial score (nSPS) is 19.8. The molecule has 1 fully saturated rings. The highest BCUT2D eigenvalue weighted by molar-refractivity contribution is 6.39. The molecule has 1 aliphatic rings. The zero-order valence-electron chi connectivity index (χ0n) is 15.1. The first-order valence-corrected chi connectivity index (χ1v) is 8.83. The molecule has 0 bridgehead atoms. The van der Waals surface area contributed by atoms with Crippen molar-refractivity contribution in [1.29, 1.82) is 0 Å².